The minimum Gasteiger partial charge on any atom is -0.366 e. The second-order valence-electron chi connectivity index (χ2n) is 9.23. The van der Waals surface area contributed by atoms with Gasteiger partial charge in [0, 0.05) is 0 Å². The van der Waals surface area contributed by atoms with Gasteiger partial charge < -0.3 is 18.9 Å². The molecule has 2 saturated heterocycles. The van der Waals surface area contributed by atoms with Gasteiger partial charge >= 0.3 is 0 Å². The van der Waals surface area contributed by atoms with E-state index in [0.717, 1.165) is 16.7 Å². The Balaban J connectivity index is 1.54. The van der Waals surface area contributed by atoms with Gasteiger partial charge in [-0.25, -0.2) is 0 Å². The van der Waals surface area contributed by atoms with Gasteiger partial charge in [-0.15, -0.1) is 0 Å². The molecule has 174 valence electrons. The Morgan fingerprint density at radius 3 is 1.65 bits per heavy atom. The number of benzene rings is 3. The number of nitriles is 1. The molecule has 0 radical (unpaired) electrons. The van der Waals surface area contributed by atoms with E-state index in [1.54, 1.807) is 0 Å². The fraction of sp³-hybridized carbons (Fsp3) is 0.345. The van der Waals surface area contributed by atoms with Gasteiger partial charge in [0.05, 0.1) is 19.1 Å². The zero-order valence-corrected chi connectivity index (χ0v) is 19.5. The van der Waals surface area contributed by atoms with Crippen molar-refractivity contribution < 1.29 is 18.9 Å². The summed E-state index contributed by atoms with van der Waals surface area (Å²) in [6.07, 6.45) is -1.04. The van der Waals surface area contributed by atoms with E-state index in [1.165, 1.54) is 0 Å². The standard InChI is InChI=1S/C29H29NO4/c1-28(2)33-26-24(18-19-30)32-25(27(26)34-28)20-31-29(21-12-6-3-7-13-21,22-14-8-4-9-15-22)23-16-10-5-11-17-23/h3-17,24-27H,18,20H2,1-2H3. The van der Waals surface area contributed by atoms with Crippen LogP contribution in [0, 0.1) is 11.3 Å². The van der Waals surface area contributed by atoms with Crippen LogP contribution in [0.3, 0.4) is 0 Å². The molecule has 0 N–H and O–H groups in total. The van der Waals surface area contributed by atoms with Gasteiger partial charge in [0.2, 0.25) is 0 Å². The average Bonchev–Trinajstić information content (AvgIpc) is 3.35. The Morgan fingerprint density at radius 1 is 0.765 bits per heavy atom. The zero-order valence-electron chi connectivity index (χ0n) is 19.5. The van der Waals surface area contributed by atoms with Gasteiger partial charge in [-0.05, 0) is 30.5 Å². The topological polar surface area (TPSA) is 60.7 Å². The van der Waals surface area contributed by atoms with E-state index in [2.05, 4.69) is 42.5 Å². The number of nitrogens with zero attached hydrogens (tertiary/aromatic N) is 1. The van der Waals surface area contributed by atoms with Crippen molar-refractivity contribution in [1.82, 2.24) is 0 Å². The van der Waals surface area contributed by atoms with Crippen LogP contribution in [0.4, 0.5) is 0 Å². The Bertz CT molecular complexity index is 1030. The molecule has 3 aromatic rings. The lowest BCUT2D eigenvalue weighted by molar-refractivity contribution is -0.194. The third-order valence-corrected chi connectivity index (χ3v) is 6.54. The lowest BCUT2D eigenvalue weighted by Crippen LogP contribution is -2.39. The van der Waals surface area contributed by atoms with Crippen LogP contribution in [-0.2, 0) is 24.5 Å². The lowest BCUT2D eigenvalue weighted by Gasteiger charge is -2.37. The molecule has 2 aliphatic heterocycles. The normalized spacial score (nSPS) is 25.6. The molecule has 3 aromatic carbocycles. The molecule has 0 saturated carbocycles. The quantitative estimate of drug-likeness (QED) is 0.459. The molecule has 2 aliphatic rings. The molecule has 4 atom stereocenters. The van der Waals surface area contributed by atoms with Crippen molar-refractivity contribution in [1.29, 1.82) is 5.26 Å². The Morgan fingerprint density at radius 2 is 1.21 bits per heavy atom. The highest BCUT2D eigenvalue weighted by atomic mass is 16.8. The van der Waals surface area contributed by atoms with Gasteiger partial charge in [0.1, 0.15) is 30.0 Å². The molecule has 2 fully saturated rings. The van der Waals surface area contributed by atoms with E-state index in [0.29, 0.717) is 0 Å². The Kier molecular flexibility index (Phi) is 6.24. The fourth-order valence-corrected chi connectivity index (χ4v) is 5.14. The van der Waals surface area contributed by atoms with Crippen LogP contribution < -0.4 is 0 Å². The van der Waals surface area contributed by atoms with Gasteiger partial charge in [-0.3, -0.25) is 0 Å². The van der Waals surface area contributed by atoms with Crippen molar-refractivity contribution >= 4 is 0 Å². The third kappa shape index (κ3) is 4.15. The second-order valence-corrected chi connectivity index (χ2v) is 9.23. The molecule has 0 amide bonds. The maximum atomic E-state index is 9.31. The number of rotatable bonds is 7. The number of hydrogen-bond donors (Lipinski definition) is 0. The molecule has 4 unspecified atom stereocenters. The predicted molar refractivity (Wildman–Crippen MR) is 128 cm³/mol. The highest BCUT2D eigenvalue weighted by Gasteiger charge is 2.55. The van der Waals surface area contributed by atoms with Gasteiger partial charge in [-0.1, -0.05) is 91.0 Å². The Hall–Kier alpha value is -3.01. The summed E-state index contributed by atoms with van der Waals surface area (Å²) in [5.74, 6) is -0.722. The van der Waals surface area contributed by atoms with E-state index in [1.807, 2.05) is 68.4 Å². The van der Waals surface area contributed by atoms with Gasteiger partial charge in [-0.2, -0.15) is 5.26 Å². The number of ether oxygens (including phenoxy) is 4. The van der Waals surface area contributed by atoms with Gasteiger partial charge in [0.25, 0.3) is 0 Å². The highest BCUT2D eigenvalue weighted by Crippen LogP contribution is 2.43. The van der Waals surface area contributed by atoms with Crippen LogP contribution in [0.5, 0.6) is 0 Å². The third-order valence-electron chi connectivity index (χ3n) is 6.54. The van der Waals surface area contributed by atoms with Crippen molar-refractivity contribution in [3.8, 4) is 6.07 Å². The summed E-state index contributed by atoms with van der Waals surface area (Å²) in [6.45, 7) is 4.07. The molecular weight excluding hydrogens is 426 g/mol. The lowest BCUT2D eigenvalue weighted by atomic mass is 9.80. The highest BCUT2D eigenvalue weighted by molar-refractivity contribution is 5.47. The largest absolute Gasteiger partial charge is 0.366 e. The first-order valence-corrected chi connectivity index (χ1v) is 11.7. The monoisotopic (exact) mass is 455 g/mol. The molecular formula is C29H29NO4. The van der Waals surface area contributed by atoms with Crippen molar-refractivity contribution in [3.63, 3.8) is 0 Å². The molecule has 5 rings (SSSR count). The smallest absolute Gasteiger partial charge is 0.164 e. The summed E-state index contributed by atoms with van der Waals surface area (Å²) in [5, 5.41) is 9.31. The molecule has 5 nitrogen and oxygen atoms in total. The number of hydrogen-bond acceptors (Lipinski definition) is 5. The van der Waals surface area contributed by atoms with Crippen molar-refractivity contribution in [3.05, 3.63) is 108 Å². The van der Waals surface area contributed by atoms with E-state index in [4.69, 9.17) is 18.9 Å². The molecule has 0 bridgehead atoms. The SMILES string of the molecule is CC1(C)OC2C(CC#N)OC(COC(c3ccccc3)(c3ccccc3)c3ccccc3)C2O1. The van der Waals surface area contributed by atoms with Crippen molar-refractivity contribution in [2.24, 2.45) is 0 Å². The summed E-state index contributed by atoms with van der Waals surface area (Å²) in [4.78, 5) is 0. The summed E-state index contributed by atoms with van der Waals surface area (Å²) >= 11 is 0. The summed E-state index contributed by atoms with van der Waals surface area (Å²) in [6, 6.07) is 33.0. The van der Waals surface area contributed by atoms with Gasteiger partial charge in [0.15, 0.2) is 5.79 Å². The summed E-state index contributed by atoms with van der Waals surface area (Å²) in [5.41, 5.74) is 2.24. The number of fused-ring (bicyclic) bond motifs is 1. The summed E-state index contributed by atoms with van der Waals surface area (Å²) < 4.78 is 25.5. The Labute approximate surface area is 200 Å². The van der Waals surface area contributed by atoms with Crippen molar-refractivity contribution in [2.75, 3.05) is 6.61 Å². The predicted octanol–water partition coefficient (Wildman–Crippen LogP) is 5.20. The summed E-state index contributed by atoms with van der Waals surface area (Å²) in [7, 11) is 0. The minimum atomic E-state index is -0.842. The minimum absolute atomic E-state index is 0.248. The van der Waals surface area contributed by atoms with E-state index in [-0.39, 0.29) is 37.4 Å². The van der Waals surface area contributed by atoms with E-state index < -0.39 is 11.4 Å². The molecule has 0 aromatic heterocycles. The molecule has 5 heteroatoms. The van der Waals surface area contributed by atoms with Crippen LogP contribution in [0.1, 0.15) is 37.0 Å². The van der Waals surface area contributed by atoms with E-state index in [9.17, 15) is 5.26 Å². The first-order valence-electron chi connectivity index (χ1n) is 11.7. The van der Waals surface area contributed by atoms with Crippen LogP contribution in [0.2, 0.25) is 0 Å². The second kappa shape index (κ2) is 9.32. The first kappa shape index (κ1) is 22.8. The maximum Gasteiger partial charge on any atom is 0.164 e. The van der Waals surface area contributed by atoms with Crippen molar-refractivity contribution in [2.45, 2.75) is 56.1 Å². The first-order chi connectivity index (χ1) is 16.5. The van der Waals surface area contributed by atoms with Crippen LogP contribution >= 0.6 is 0 Å². The molecule has 0 aliphatic carbocycles. The zero-order chi connectivity index (χ0) is 23.6. The fourth-order valence-electron chi connectivity index (χ4n) is 5.14. The molecule has 2 heterocycles. The average molecular weight is 456 g/mol. The molecule has 34 heavy (non-hydrogen) atoms. The van der Waals surface area contributed by atoms with Crippen LogP contribution in [-0.4, -0.2) is 36.8 Å². The van der Waals surface area contributed by atoms with Crippen LogP contribution in [0.15, 0.2) is 91.0 Å². The maximum absolute atomic E-state index is 9.31. The van der Waals surface area contributed by atoms with Crippen LogP contribution in [0.25, 0.3) is 0 Å². The van der Waals surface area contributed by atoms with E-state index >= 15 is 0 Å². The molecule has 0 spiro atoms.